The monoisotopic (exact) mass is 290 g/mol. The first-order chi connectivity index (χ1) is 9.29. The van der Waals surface area contributed by atoms with Crippen molar-refractivity contribution in [1.29, 1.82) is 0 Å². The van der Waals surface area contributed by atoms with Crippen LogP contribution in [0.25, 0.3) is 0 Å². The highest BCUT2D eigenvalue weighted by Gasteiger charge is 2.36. The minimum absolute atomic E-state index is 0.211. The molecule has 5 nitrogen and oxygen atoms in total. The molecule has 106 valence electrons. The molecule has 0 bridgehead atoms. The molecule has 0 saturated heterocycles. The smallest absolute Gasteiger partial charge is 0.262 e. The van der Waals surface area contributed by atoms with Crippen molar-refractivity contribution in [2.45, 2.75) is 19.6 Å². The van der Waals surface area contributed by atoms with Gasteiger partial charge in [0.2, 0.25) is 5.91 Å². The van der Waals surface area contributed by atoms with Crippen molar-refractivity contribution in [2.75, 3.05) is 12.7 Å². The predicted molar refractivity (Wildman–Crippen MR) is 78.2 cm³/mol. The van der Waals surface area contributed by atoms with Gasteiger partial charge in [0, 0.05) is 6.17 Å². The second-order valence-corrected chi connectivity index (χ2v) is 11.6. The predicted octanol–water partition coefficient (Wildman–Crippen LogP) is 1.28. The summed E-state index contributed by atoms with van der Waals surface area (Å²) in [7, 11) is -1.39. The van der Waals surface area contributed by atoms with Crippen LogP contribution in [-0.4, -0.2) is 43.4 Å². The van der Waals surface area contributed by atoms with E-state index in [1.54, 1.807) is 24.3 Å². The normalized spacial score (nSPS) is 14.4. The molecule has 0 radical (unpaired) electrons. The quantitative estimate of drug-likeness (QED) is 0.671. The van der Waals surface area contributed by atoms with Crippen molar-refractivity contribution < 1.29 is 14.4 Å². The van der Waals surface area contributed by atoms with Gasteiger partial charge in [0.15, 0.2) is 0 Å². The fraction of sp³-hybridized carbons (Fsp3) is 0.357. The van der Waals surface area contributed by atoms with Crippen LogP contribution >= 0.6 is 0 Å². The van der Waals surface area contributed by atoms with Gasteiger partial charge in [-0.25, -0.2) is 0 Å². The Morgan fingerprint density at radius 1 is 1.10 bits per heavy atom. The van der Waals surface area contributed by atoms with Gasteiger partial charge in [-0.05, 0) is 12.1 Å². The molecule has 0 saturated carbocycles. The first-order valence-corrected chi connectivity index (χ1v) is 10.2. The molecule has 1 aliphatic heterocycles. The average Bonchev–Trinajstić information content (AvgIpc) is 2.62. The Morgan fingerprint density at radius 3 is 2.05 bits per heavy atom. The Hall–Kier alpha value is -1.95. The maximum atomic E-state index is 12.1. The van der Waals surface area contributed by atoms with Crippen LogP contribution in [-0.2, 0) is 4.79 Å². The van der Waals surface area contributed by atoms with Crippen molar-refractivity contribution in [3.05, 3.63) is 35.4 Å². The topological polar surface area (TPSA) is 66.5 Å². The number of nitrogens with one attached hydrogen (secondary N) is 1. The van der Waals surface area contributed by atoms with Gasteiger partial charge in [0.25, 0.3) is 11.8 Å². The summed E-state index contributed by atoms with van der Waals surface area (Å²) in [6.45, 7) is 6.19. The molecule has 0 fully saturated rings. The minimum Gasteiger partial charge on any atom is -0.358 e. The van der Waals surface area contributed by atoms with Gasteiger partial charge in [-0.1, -0.05) is 31.8 Å². The fourth-order valence-corrected chi connectivity index (χ4v) is 2.67. The highest BCUT2D eigenvalue weighted by atomic mass is 28.3. The Labute approximate surface area is 119 Å². The van der Waals surface area contributed by atoms with E-state index in [0.29, 0.717) is 17.3 Å². The van der Waals surface area contributed by atoms with Gasteiger partial charge < -0.3 is 5.32 Å². The molecule has 0 spiro atoms. The Bertz CT molecular complexity index is 543. The molecule has 0 atom stereocenters. The van der Waals surface area contributed by atoms with Crippen LogP contribution in [0.1, 0.15) is 20.7 Å². The SMILES string of the molecule is C[Si](C)(C)CNC(=O)CN1C(=O)c2ccccc2C1=O. The van der Waals surface area contributed by atoms with Crippen molar-refractivity contribution in [2.24, 2.45) is 0 Å². The number of hydrogen-bond donors (Lipinski definition) is 1. The second kappa shape index (κ2) is 5.20. The van der Waals surface area contributed by atoms with E-state index in [9.17, 15) is 14.4 Å². The number of nitrogens with zero attached hydrogens (tertiary/aromatic N) is 1. The van der Waals surface area contributed by atoms with Gasteiger partial charge in [0.1, 0.15) is 6.54 Å². The molecular formula is C14H18N2O3Si. The van der Waals surface area contributed by atoms with Crippen molar-refractivity contribution in [3.8, 4) is 0 Å². The lowest BCUT2D eigenvalue weighted by molar-refractivity contribution is -0.121. The highest BCUT2D eigenvalue weighted by molar-refractivity contribution is 6.76. The zero-order valence-electron chi connectivity index (χ0n) is 11.9. The van der Waals surface area contributed by atoms with E-state index in [1.165, 1.54) is 0 Å². The number of imide groups is 1. The van der Waals surface area contributed by atoms with Crippen LogP contribution in [0, 0.1) is 0 Å². The summed E-state index contributed by atoms with van der Waals surface area (Å²) < 4.78 is 0. The number of fused-ring (bicyclic) bond motifs is 1. The van der Waals surface area contributed by atoms with Gasteiger partial charge in [-0.3, -0.25) is 19.3 Å². The summed E-state index contributed by atoms with van der Waals surface area (Å²) in [6.07, 6.45) is 0.634. The molecule has 20 heavy (non-hydrogen) atoms. The Balaban J connectivity index is 2.04. The van der Waals surface area contributed by atoms with Crippen LogP contribution in [0.15, 0.2) is 24.3 Å². The van der Waals surface area contributed by atoms with Crippen LogP contribution < -0.4 is 5.32 Å². The van der Waals surface area contributed by atoms with Crippen molar-refractivity contribution in [3.63, 3.8) is 0 Å². The lowest BCUT2D eigenvalue weighted by atomic mass is 10.1. The van der Waals surface area contributed by atoms with Gasteiger partial charge >= 0.3 is 0 Å². The average molecular weight is 290 g/mol. The molecule has 1 aliphatic rings. The Morgan fingerprint density at radius 2 is 1.60 bits per heavy atom. The number of amides is 3. The summed E-state index contributed by atoms with van der Waals surface area (Å²) in [6, 6.07) is 6.63. The van der Waals surface area contributed by atoms with Crippen molar-refractivity contribution >= 4 is 25.8 Å². The van der Waals surface area contributed by atoms with Gasteiger partial charge in [-0.15, -0.1) is 0 Å². The van der Waals surface area contributed by atoms with Crippen molar-refractivity contribution in [1.82, 2.24) is 10.2 Å². The number of carbonyl (C=O) groups is 3. The Kier molecular flexibility index (Phi) is 3.76. The second-order valence-electron chi connectivity index (χ2n) is 6.08. The molecule has 1 aromatic carbocycles. The highest BCUT2D eigenvalue weighted by Crippen LogP contribution is 2.21. The van der Waals surface area contributed by atoms with E-state index in [0.717, 1.165) is 4.90 Å². The lowest BCUT2D eigenvalue weighted by Gasteiger charge is -2.18. The first kappa shape index (κ1) is 14.5. The largest absolute Gasteiger partial charge is 0.358 e. The number of rotatable bonds is 4. The van der Waals surface area contributed by atoms with E-state index in [4.69, 9.17) is 0 Å². The fourth-order valence-electron chi connectivity index (χ4n) is 1.95. The molecule has 0 aromatic heterocycles. The molecule has 1 N–H and O–H groups in total. The maximum absolute atomic E-state index is 12.1. The van der Waals surface area contributed by atoms with E-state index in [2.05, 4.69) is 25.0 Å². The minimum atomic E-state index is -1.39. The lowest BCUT2D eigenvalue weighted by Crippen LogP contribution is -2.45. The molecule has 2 rings (SSSR count). The van der Waals surface area contributed by atoms with E-state index < -0.39 is 19.9 Å². The summed E-state index contributed by atoms with van der Waals surface area (Å²) in [5.74, 6) is -1.08. The summed E-state index contributed by atoms with van der Waals surface area (Å²) in [4.78, 5) is 37.0. The van der Waals surface area contributed by atoms with E-state index in [1.807, 2.05) is 0 Å². The third-order valence-corrected chi connectivity index (χ3v) is 4.23. The standard InChI is InChI=1S/C14H18N2O3Si/c1-20(2,3)9-15-12(17)8-16-13(18)10-6-4-5-7-11(10)14(16)19/h4-7H,8-9H2,1-3H3,(H,15,17). The third-order valence-electron chi connectivity index (χ3n) is 3.00. The van der Waals surface area contributed by atoms with Crippen LogP contribution in [0.5, 0.6) is 0 Å². The van der Waals surface area contributed by atoms with E-state index in [-0.39, 0.29) is 12.5 Å². The molecule has 1 heterocycles. The van der Waals surface area contributed by atoms with Gasteiger partial charge in [-0.2, -0.15) is 0 Å². The molecule has 3 amide bonds. The van der Waals surface area contributed by atoms with Crippen LogP contribution in [0.2, 0.25) is 19.6 Å². The zero-order chi connectivity index (χ0) is 14.9. The van der Waals surface area contributed by atoms with Crippen LogP contribution in [0.4, 0.5) is 0 Å². The number of benzene rings is 1. The third kappa shape index (κ3) is 2.96. The zero-order valence-corrected chi connectivity index (χ0v) is 12.9. The summed E-state index contributed by atoms with van der Waals surface area (Å²) in [5.41, 5.74) is 0.742. The number of hydrogen-bond acceptors (Lipinski definition) is 3. The first-order valence-electron chi connectivity index (χ1n) is 6.51. The molecule has 0 aliphatic carbocycles. The molecule has 1 aromatic rings. The number of carbonyl (C=O) groups excluding carboxylic acids is 3. The summed E-state index contributed by atoms with van der Waals surface area (Å²) in [5, 5.41) is 2.79. The van der Waals surface area contributed by atoms with Gasteiger partial charge in [0.05, 0.1) is 19.2 Å². The molecule has 6 heteroatoms. The molecular weight excluding hydrogens is 272 g/mol. The van der Waals surface area contributed by atoms with Crippen LogP contribution in [0.3, 0.4) is 0 Å². The molecule has 0 unspecified atom stereocenters. The maximum Gasteiger partial charge on any atom is 0.262 e. The van der Waals surface area contributed by atoms with E-state index >= 15 is 0 Å². The summed E-state index contributed by atoms with van der Waals surface area (Å²) >= 11 is 0.